The minimum atomic E-state index is -0.150. The monoisotopic (exact) mass is 332 g/mol. The van der Waals surface area contributed by atoms with Crippen molar-refractivity contribution in [3.8, 4) is 0 Å². The van der Waals surface area contributed by atoms with Gasteiger partial charge in [0.25, 0.3) is 0 Å². The van der Waals surface area contributed by atoms with Crippen LogP contribution in [0.1, 0.15) is 5.56 Å². The van der Waals surface area contributed by atoms with Gasteiger partial charge in [-0.1, -0.05) is 29.8 Å². The number of thioether (sulfide) groups is 1. The van der Waals surface area contributed by atoms with Gasteiger partial charge in [0.15, 0.2) is 0 Å². The van der Waals surface area contributed by atoms with Crippen molar-refractivity contribution >= 4 is 46.6 Å². The summed E-state index contributed by atoms with van der Waals surface area (Å²) in [4.78, 5) is 24.5. The number of benzene rings is 2. The Balaban J connectivity index is 1.71. The van der Waals surface area contributed by atoms with Gasteiger partial charge in [0.1, 0.15) is 0 Å². The second kappa shape index (κ2) is 6.42. The third kappa shape index (κ3) is 3.43. The van der Waals surface area contributed by atoms with Crippen molar-refractivity contribution in [2.75, 3.05) is 16.4 Å². The van der Waals surface area contributed by atoms with Crippen molar-refractivity contribution < 1.29 is 9.59 Å². The summed E-state index contributed by atoms with van der Waals surface area (Å²) in [7, 11) is 0. The van der Waals surface area contributed by atoms with Crippen molar-refractivity contribution in [2.24, 2.45) is 0 Å². The van der Waals surface area contributed by atoms with Crippen LogP contribution in [-0.4, -0.2) is 17.6 Å². The normalized spacial score (nSPS) is 13.2. The van der Waals surface area contributed by atoms with E-state index in [1.807, 2.05) is 30.3 Å². The maximum absolute atomic E-state index is 12.1. The molecule has 2 aromatic carbocycles. The molecule has 0 aliphatic carbocycles. The number of para-hydroxylation sites is 1. The second-order valence-electron chi connectivity index (χ2n) is 4.87. The first-order chi connectivity index (χ1) is 10.6. The number of rotatable bonds is 3. The number of carbonyl (C=O) groups excluding carboxylic acids is 2. The summed E-state index contributed by atoms with van der Waals surface area (Å²) in [6, 6.07) is 12.8. The number of fused-ring (bicyclic) bond motifs is 1. The molecule has 0 bridgehead atoms. The Morgan fingerprint density at radius 2 is 2.09 bits per heavy atom. The van der Waals surface area contributed by atoms with Crippen LogP contribution in [0.5, 0.6) is 0 Å². The van der Waals surface area contributed by atoms with Crippen LogP contribution >= 0.6 is 23.4 Å². The molecule has 0 fully saturated rings. The minimum absolute atomic E-state index is 0.0184. The molecule has 0 aromatic heterocycles. The van der Waals surface area contributed by atoms with Crippen LogP contribution in [0.25, 0.3) is 0 Å². The molecule has 22 heavy (non-hydrogen) atoms. The first-order valence-corrected chi connectivity index (χ1v) is 8.08. The average molecular weight is 333 g/mol. The molecule has 4 nitrogen and oxygen atoms in total. The van der Waals surface area contributed by atoms with Crippen molar-refractivity contribution in [2.45, 2.75) is 11.3 Å². The summed E-state index contributed by atoms with van der Waals surface area (Å²) in [5.74, 6) is 0.261. The topological polar surface area (TPSA) is 58.2 Å². The molecular weight excluding hydrogens is 320 g/mol. The highest BCUT2D eigenvalue weighted by Gasteiger charge is 2.16. The van der Waals surface area contributed by atoms with Crippen molar-refractivity contribution in [3.63, 3.8) is 0 Å². The lowest BCUT2D eigenvalue weighted by Gasteiger charge is -2.17. The highest BCUT2D eigenvalue weighted by molar-refractivity contribution is 8.00. The minimum Gasteiger partial charge on any atom is -0.324 e. The Bertz CT molecular complexity index is 749. The molecule has 1 aliphatic heterocycles. The zero-order chi connectivity index (χ0) is 15.5. The maximum atomic E-state index is 12.1. The smallest absolute Gasteiger partial charge is 0.234 e. The number of hydrogen-bond donors (Lipinski definition) is 2. The summed E-state index contributed by atoms with van der Waals surface area (Å²) in [6.45, 7) is 0. The van der Waals surface area contributed by atoms with Gasteiger partial charge in [-0.05, 0) is 29.8 Å². The van der Waals surface area contributed by atoms with E-state index in [1.54, 1.807) is 12.1 Å². The fourth-order valence-corrected chi connectivity index (χ4v) is 3.15. The molecule has 0 spiro atoms. The molecule has 0 saturated carbocycles. The summed E-state index contributed by atoms with van der Waals surface area (Å²) in [5, 5.41) is 6.11. The standard InChI is InChI=1S/C16H13ClN2O2S/c17-11-3-1-2-4-12(11)18-15(20)8-10-5-6-14-13(7-10)19-16(21)9-22-14/h1-7H,8-9H2,(H,18,20)(H,19,21). The number of hydrogen-bond acceptors (Lipinski definition) is 3. The fourth-order valence-electron chi connectivity index (χ4n) is 2.18. The van der Waals surface area contributed by atoms with Crippen LogP contribution in [0, 0.1) is 0 Å². The van der Waals surface area contributed by atoms with Crippen LogP contribution in [0.15, 0.2) is 47.4 Å². The Kier molecular flexibility index (Phi) is 4.36. The van der Waals surface area contributed by atoms with Crippen molar-refractivity contribution in [1.29, 1.82) is 0 Å². The highest BCUT2D eigenvalue weighted by atomic mass is 35.5. The molecular formula is C16H13ClN2O2S. The molecule has 3 rings (SSSR count). The average Bonchev–Trinajstić information content (AvgIpc) is 2.49. The van der Waals surface area contributed by atoms with Gasteiger partial charge in [-0.15, -0.1) is 11.8 Å². The van der Waals surface area contributed by atoms with Gasteiger partial charge >= 0.3 is 0 Å². The molecule has 0 radical (unpaired) electrons. The summed E-state index contributed by atoms with van der Waals surface area (Å²) in [6.07, 6.45) is 0.221. The Morgan fingerprint density at radius 1 is 1.27 bits per heavy atom. The van der Waals surface area contributed by atoms with E-state index in [1.165, 1.54) is 11.8 Å². The number of carbonyl (C=O) groups is 2. The van der Waals surface area contributed by atoms with Gasteiger partial charge in [0.05, 0.1) is 28.6 Å². The third-order valence-corrected chi connectivity index (χ3v) is 4.59. The number of amides is 2. The first kappa shape index (κ1) is 14.9. The molecule has 0 saturated heterocycles. The van der Waals surface area contributed by atoms with Gasteiger partial charge in [-0.3, -0.25) is 9.59 Å². The summed E-state index contributed by atoms with van der Waals surface area (Å²) >= 11 is 7.52. The summed E-state index contributed by atoms with van der Waals surface area (Å²) < 4.78 is 0. The molecule has 2 N–H and O–H groups in total. The highest BCUT2D eigenvalue weighted by Crippen LogP contribution is 2.32. The second-order valence-corrected chi connectivity index (χ2v) is 6.30. The van der Waals surface area contributed by atoms with Crippen LogP contribution in [0.3, 0.4) is 0 Å². The van der Waals surface area contributed by atoms with Crippen LogP contribution < -0.4 is 10.6 Å². The third-order valence-electron chi connectivity index (χ3n) is 3.19. The maximum Gasteiger partial charge on any atom is 0.234 e. The van der Waals surface area contributed by atoms with Gasteiger partial charge in [-0.25, -0.2) is 0 Å². The number of nitrogens with one attached hydrogen (secondary N) is 2. The van der Waals surface area contributed by atoms with Gasteiger partial charge in [0.2, 0.25) is 11.8 Å². The van der Waals surface area contributed by atoms with E-state index in [9.17, 15) is 9.59 Å². The Labute approximate surface area is 137 Å². The van der Waals surface area contributed by atoms with E-state index in [0.717, 1.165) is 16.1 Å². The van der Waals surface area contributed by atoms with E-state index in [-0.39, 0.29) is 18.2 Å². The van der Waals surface area contributed by atoms with Gasteiger partial charge in [-0.2, -0.15) is 0 Å². The lowest BCUT2D eigenvalue weighted by molar-refractivity contribution is -0.115. The van der Waals surface area contributed by atoms with E-state index in [2.05, 4.69) is 10.6 Å². The van der Waals surface area contributed by atoms with E-state index >= 15 is 0 Å². The van der Waals surface area contributed by atoms with E-state index in [4.69, 9.17) is 11.6 Å². The molecule has 0 atom stereocenters. The zero-order valence-corrected chi connectivity index (χ0v) is 13.1. The molecule has 2 amide bonds. The predicted molar refractivity (Wildman–Crippen MR) is 89.6 cm³/mol. The number of anilines is 2. The molecule has 6 heteroatoms. The lowest BCUT2D eigenvalue weighted by Crippen LogP contribution is -2.19. The summed E-state index contributed by atoms with van der Waals surface area (Å²) in [5.41, 5.74) is 2.20. The largest absolute Gasteiger partial charge is 0.324 e. The molecule has 112 valence electrons. The van der Waals surface area contributed by atoms with Crippen LogP contribution in [-0.2, 0) is 16.0 Å². The Morgan fingerprint density at radius 3 is 2.91 bits per heavy atom. The molecule has 0 unspecified atom stereocenters. The van der Waals surface area contributed by atoms with Gasteiger partial charge < -0.3 is 10.6 Å². The predicted octanol–water partition coefficient (Wildman–Crippen LogP) is 3.57. The van der Waals surface area contributed by atoms with Crippen LogP contribution in [0.2, 0.25) is 5.02 Å². The molecule has 2 aromatic rings. The van der Waals surface area contributed by atoms with Crippen LogP contribution in [0.4, 0.5) is 11.4 Å². The van der Waals surface area contributed by atoms with E-state index < -0.39 is 0 Å². The molecule has 1 aliphatic rings. The van der Waals surface area contributed by atoms with Crippen molar-refractivity contribution in [3.05, 3.63) is 53.1 Å². The zero-order valence-electron chi connectivity index (χ0n) is 11.6. The quantitative estimate of drug-likeness (QED) is 0.903. The SMILES string of the molecule is O=C(Cc1ccc2c(c1)NC(=O)CS2)Nc1ccccc1Cl. The number of halogens is 1. The van der Waals surface area contributed by atoms with E-state index in [0.29, 0.717) is 16.5 Å². The lowest BCUT2D eigenvalue weighted by atomic mass is 10.1. The first-order valence-electron chi connectivity index (χ1n) is 6.72. The van der Waals surface area contributed by atoms with Gasteiger partial charge in [0, 0.05) is 4.90 Å². The fraction of sp³-hybridized carbons (Fsp3) is 0.125. The van der Waals surface area contributed by atoms with Crippen molar-refractivity contribution in [1.82, 2.24) is 0 Å². The Hall–Kier alpha value is -1.98. The molecule has 1 heterocycles.